The topological polar surface area (TPSA) is 69.0 Å². The van der Waals surface area contributed by atoms with E-state index in [1.807, 2.05) is 17.7 Å². The number of halogens is 2. The van der Waals surface area contributed by atoms with Crippen molar-refractivity contribution in [3.63, 3.8) is 0 Å². The number of pyridine rings is 2. The minimum Gasteiger partial charge on any atom is -0.481 e. The zero-order valence-corrected chi connectivity index (χ0v) is 14.2. The highest BCUT2D eigenvalue weighted by molar-refractivity contribution is 5.96. The molecule has 6 nitrogen and oxygen atoms in total. The van der Waals surface area contributed by atoms with Gasteiger partial charge >= 0.3 is 0 Å². The molecule has 2 atom stereocenters. The monoisotopic (exact) mass is 358 g/mol. The van der Waals surface area contributed by atoms with Crippen molar-refractivity contribution in [2.24, 2.45) is 13.0 Å². The number of amides is 1. The van der Waals surface area contributed by atoms with Gasteiger partial charge in [-0.2, -0.15) is 0 Å². The molecule has 1 amide bonds. The van der Waals surface area contributed by atoms with E-state index in [4.69, 9.17) is 4.74 Å². The van der Waals surface area contributed by atoms with Crippen LogP contribution >= 0.6 is 0 Å². The van der Waals surface area contributed by atoms with Gasteiger partial charge in [-0.05, 0) is 24.6 Å². The van der Waals surface area contributed by atoms with Crippen LogP contribution in [0.15, 0.2) is 30.6 Å². The zero-order chi connectivity index (χ0) is 18.4. The molecule has 1 aliphatic carbocycles. The van der Waals surface area contributed by atoms with E-state index in [-0.39, 0.29) is 12.3 Å². The summed E-state index contributed by atoms with van der Waals surface area (Å²) in [5, 5.41) is 3.43. The van der Waals surface area contributed by atoms with E-state index in [1.54, 1.807) is 12.3 Å². The Morgan fingerprint density at radius 2 is 2.08 bits per heavy atom. The third-order valence-electron chi connectivity index (χ3n) is 4.52. The molecule has 3 aromatic heterocycles. The van der Waals surface area contributed by atoms with Gasteiger partial charge in [-0.3, -0.25) is 4.79 Å². The lowest BCUT2D eigenvalue weighted by Gasteiger charge is -2.08. The minimum absolute atomic E-state index is 0.260. The molecule has 1 aliphatic rings. The molecule has 1 saturated carbocycles. The van der Waals surface area contributed by atoms with E-state index >= 15 is 0 Å². The average molecular weight is 358 g/mol. The summed E-state index contributed by atoms with van der Waals surface area (Å²) in [6.07, 6.45) is 1.90. The number of aryl methyl sites for hydroxylation is 1. The Morgan fingerprint density at radius 1 is 1.31 bits per heavy atom. The lowest BCUT2D eigenvalue weighted by Crippen LogP contribution is -2.15. The summed E-state index contributed by atoms with van der Waals surface area (Å²) in [7, 11) is 3.29. The molecule has 0 aliphatic heterocycles. The van der Waals surface area contributed by atoms with Crippen LogP contribution < -0.4 is 10.1 Å². The molecule has 0 spiro atoms. The van der Waals surface area contributed by atoms with Crippen molar-refractivity contribution >= 4 is 22.6 Å². The number of carbonyl (C=O) groups excluding carboxylic acids is 1. The Kier molecular flexibility index (Phi) is 3.82. The highest BCUT2D eigenvalue weighted by Gasteiger charge is 2.43. The van der Waals surface area contributed by atoms with Gasteiger partial charge in [0.25, 0.3) is 0 Å². The van der Waals surface area contributed by atoms with Crippen LogP contribution in [0.1, 0.15) is 6.42 Å². The Bertz CT molecular complexity index is 1020. The maximum Gasteiger partial charge on any atom is 0.231 e. The number of hydrogen-bond acceptors (Lipinski definition) is 4. The predicted molar refractivity (Wildman–Crippen MR) is 92.1 cm³/mol. The third kappa shape index (κ3) is 2.77. The lowest BCUT2D eigenvalue weighted by atomic mass is 10.2. The summed E-state index contributed by atoms with van der Waals surface area (Å²) >= 11 is 0. The third-order valence-corrected chi connectivity index (χ3v) is 4.52. The van der Waals surface area contributed by atoms with Crippen LogP contribution in [0.5, 0.6) is 5.88 Å². The molecule has 1 fully saturated rings. The number of ether oxygens (including phenoxy) is 1. The Balaban J connectivity index is 1.73. The minimum atomic E-state index is -1.06. The lowest BCUT2D eigenvalue weighted by molar-refractivity contribution is -0.117. The number of alkyl halides is 1. The Labute approximate surface area is 147 Å². The maximum absolute atomic E-state index is 13.7. The first kappa shape index (κ1) is 16.4. The van der Waals surface area contributed by atoms with Crippen molar-refractivity contribution in [2.75, 3.05) is 12.4 Å². The molecule has 0 bridgehead atoms. The van der Waals surface area contributed by atoms with E-state index < -0.39 is 17.9 Å². The van der Waals surface area contributed by atoms with Crippen LogP contribution in [0.25, 0.3) is 22.2 Å². The van der Waals surface area contributed by atoms with E-state index in [2.05, 4.69) is 15.3 Å². The molecule has 2 unspecified atom stereocenters. The summed E-state index contributed by atoms with van der Waals surface area (Å²) in [5.74, 6) is -0.759. The predicted octanol–water partition coefficient (Wildman–Crippen LogP) is 3.08. The SMILES string of the molecule is COc1ncc(F)cc1-c1cc2cc(NC(=O)C3CC3F)ncc2n1C. The molecular weight excluding hydrogens is 342 g/mol. The summed E-state index contributed by atoms with van der Waals surface area (Å²) < 4.78 is 33.7. The van der Waals surface area contributed by atoms with E-state index in [0.717, 1.165) is 17.1 Å². The standard InChI is InChI=1S/C18H16F2N4O2/c1-24-14(12-5-10(19)7-22-18(12)26-2)3-9-4-16(21-8-15(9)24)23-17(25)11-6-13(11)20/h3-5,7-8,11,13H,6H2,1-2H3,(H,21,23,25). The largest absolute Gasteiger partial charge is 0.481 e. The first-order valence-electron chi connectivity index (χ1n) is 8.08. The number of nitrogens with zero attached hydrogens (tertiary/aromatic N) is 3. The summed E-state index contributed by atoms with van der Waals surface area (Å²) in [5.41, 5.74) is 1.99. The first-order chi connectivity index (χ1) is 12.5. The van der Waals surface area contributed by atoms with Gasteiger partial charge in [0.1, 0.15) is 17.8 Å². The fourth-order valence-corrected chi connectivity index (χ4v) is 2.99. The van der Waals surface area contributed by atoms with Gasteiger partial charge < -0.3 is 14.6 Å². The van der Waals surface area contributed by atoms with Crippen LogP contribution in [0.4, 0.5) is 14.6 Å². The molecule has 3 aromatic rings. The quantitative estimate of drug-likeness (QED) is 0.778. The van der Waals surface area contributed by atoms with Gasteiger partial charge in [-0.15, -0.1) is 0 Å². The number of carbonyl (C=O) groups is 1. The van der Waals surface area contributed by atoms with Crippen LogP contribution in [0.2, 0.25) is 0 Å². The molecule has 0 radical (unpaired) electrons. The number of methoxy groups -OCH3 is 1. The van der Waals surface area contributed by atoms with Crippen LogP contribution in [0, 0.1) is 11.7 Å². The van der Waals surface area contributed by atoms with Gasteiger partial charge in [0, 0.05) is 12.4 Å². The Morgan fingerprint density at radius 3 is 2.77 bits per heavy atom. The van der Waals surface area contributed by atoms with Crippen LogP contribution in [0.3, 0.4) is 0 Å². The number of hydrogen-bond donors (Lipinski definition) is 1. The number of aromatic nitrogens is 3. The molecule has 3 heterocycles. The highest BCUT2D eigenvalue weighted by Crippen LogP contribution is 2.35. The Hall–Kier alpha value is -3.03. The molecular formula is C18H16F2N4O2. The number of rotatable bonds is 4. The molecule has 26 heavy (non-hydrogen) atoms. The number of nitrogens with one attached hydrogen (secondary N) is 1. The molecule has 134 valence electrons. The highest BCUT2D eigenvalue weighted by atomic mass is 19.1. The fourth-order valence-electron chi connectivity index (χ4n) is 2.99. The van der Waals surface area contributed by atoms with Crippen molar-refractivity contribution < 1.29 is 18.3 Å². The van der Waals surface area contributed by atoms with Crippen molar-refractivity contribution in [1.29, 1.82) is 0 Å². The fraction of sp³-hybridized carbons (Fsp3) is 0.278. The zero-order valence-electron chi connectivity index (χ0n) is 14.2. The second-order valence-electron chi connectivity index (χ2n) is 6.27. The van der Waals surface area contributed by atoms with Crippen LogP contribution in [-0.2, 0) is 11.8 Å². The van der Waals surface area contributed by atoms with E-state index in [0.29, 0.717) is 23.0 Å². The number of anilines is 1. The molecule has 8 heteroatoms. The summed E-state index contributed by atoms with van der Waals surface area (Å²) in [6.45, 7) is 0. The van der Waals surface area contributed by atoms with E-state index in [1.165, 1.54) is 13.2 Å². The van der Waals surface area contributed by atoms with Crippen LogP contribution in [-0.4, -0.2) is 33.7 Å². The van der Waals surface area contributed by atoms with Gasteiger partial charge in [0.2, 0.25) is 11.8 Å². The first-order valence-corrected chi connectivity index (χ1v) is 8.08. The summed E-state index contributed by atoms with van der Waals surface area (Å²) in [6, 6.07) is 4.89. The van der Waals surface area contributed by atoms with Crippen molar-refractivity contribution in [3.8, 4) is 17.1 Å². The van der Waals surface area contributed by atoms with Gasteiger partial charge in [0.15, 0.2) is 0 Å². The smallest absolute Gasteiger partial charge is 0.231 e. The normalized spacial score (nSPS) is 18.8. The maximum atomic E-state index is 13.7. The number of fused-ring (bicyclic) bond motifs is 1. The molecule has 4 rings (SSSR count). The second-order valence-corrected chi connectivity index (χ2v) is 6.27. The molecule has 0 saturated heterocycles. The van der Waals surface area contributed by atoms with Gasteiger partial charge in [-0.1, -0.05) is 0 Å². The summed E-state index contributed by atoms with van der Waals surface area (Å²) in [4.78, 5) is 20.0. The van der Waals surface area contributed by atoms with Crippen molar-refractivity contribution in [1.82, 2.24) is 14.5 Å². The molecule has 0 aromatic carbocycles. The molecule has 1 N–H and O–H groups in total. The second kappa shape index (κ2) is 6.05. The van der Waals surface area contributed by atoms with E-state index in [9.17, 15) is 13.6 Å². The van der Waals surface area contributed by atoms with Crippen molar-refractivity contribution in [3.05, 3.63) is 36.4 Å². The van der Waals surface area contributed by atoms with Crippen molar-refractivity contribution in [2.45, 2.75) is 12.6 Å². The average Bonchev–Trinajstić information content (AvgIpc) is 3.27. The van der Waals surface area contributed by atoms with Gasteiger partial charge in [0.05, 0.1) is 42.2 Å². The van der Waals surface area contributed by atoms with Gasteiger partial charge in [-0.25, -0.2) is 18.7 Å².